The van der Waals surface area contributed by atoms with Crippen LogP contribution >= 0.6 is 91.0 Å². The van der Waals surface area contributed by atoms with Gasteiger partial charge < -0.3 is 64.2 Å². The molecule has 778 valence electrons. The minimum Gasteiger partial charge on any atom is -0.465 e. The predicted octanol–water partition coefficient (Wildman–Crippen LogP) is 25.1. The van der Waals surface area contributed by atoms with Crippen molar-refractivity contribution in [2.45, 2.75) is 186 Å². The number of nitrogens with zero attached hydrogens (tertiary/aromatic N) is 8. The van der Waals surface area contributed by atoms with Crippen LogP contribution < -0.4 is 43.4 Å². The van der Waals surface area contributed by atoms with Crippen LogP contribution in [0.5, 0.6) is 0 Å². The number of amides is 3. The summed E-state index contributed by atoms with van der Waals surface area (Å²) in [4.78, 5) is 155. The Morgan fingerprint density at radius 2 is 0.745 bits per heavy atom. The van der Waals surface area contributed by atoms with Crippen LogP contribution in [0, 0.1) is 10.7 Å². The van der Waals surface area contributed by atoms with Crippen molar-refractivity contribution in [2.24, 2.45) is 5.73 Å². The zero-order valence-corrected chi connectivity index (χ0v) is 94.0. The zero-order chi connectivity index (χ0) is 106. The minimum atomic E-state index is -1.85. The van der Waals surface area contributed by atoms with Gasteiger partial charge in [-0.3, -0.25) is 25.5 Å². The number of carbonyl (C=O) groups is 8. The molecule has 3 amide bonds. The van der Waals surface area contributed by atoms with Crippen LogP contribution in [0.25, 0.3) is 60.6 Å². The van der Waals surface area contributed by atoms with Crippen LogP contribution in [0.3, 0.4) is 0 Å². The number of nitrogens with one attached hydrogen (secondary N) is 7. The number of aromatic nitrogens is 10. The number of para-hydroxylation sites is 1. The third-order valence-electron chi connectivity index (χ3n) is 20.2. The van der Waals surface area contributed by atoms with Gasteiger partial charge in [0.25, 0.3) is 11.1 Å². The molecule has 8 aromatic carbocycles. The fraction of sp³-hybridized carbons (Fsp3) is 0.333. The summed E-state index contributed by atoms with van der Waals surface area (Å²) < 4.78 is 49.1. The quantitative estimate of drug-likeness (QED) is 0.00623. The summed E-state index contributed by atoms with van der Waals surface area (Å²) in [5.74, 6) is -1.20. The van der Waals surface area contributed by atoms with Gasteiger partial charge in [0.05, 0.1) is 114 Å². The number of hydrogen-bond donors (Lipinski definition) is 8. The van der Waals surface area contributed by atoms with Crippen LogP contribution in [-0.2, 0) is 57.5 Å². The minimum absolute atomic E-state index is 0. The van der Waals surface area contributed by atoms with Crippen molar-refractivity contribution in [2.75, 3.05) is 68.5 Å². The normalized spacial score (nSPS) is 10.6. The molecule has 0 aliphatic rings. The van der Waals surface area contributed by atoms with Crippen LogP contribution in [0.2, 0.25) is 18.5 Å². The largest absolute Gasteiger partial charge is 0.465 e. The van der Waals surface area contributed by atoms with Crippen molar-refractivity contribution in [3.05, 3.63) is 275 Å². The van der Waals surface area contributed by atoms with Gasteiger partial charge in [0.15, 0.2) is 0 Å². The molecule has 40 heteroatoms. The number of fused-ring (bicyclic) bond motifs is 5. The Kier molecular flexibility index (Phi) is 53.5. The van der Waals surface area contributed by atoms with Gasteiger partial charge in [-0.25, -0.2) is 78.2 Å². The van der Waals surface area contributed by atoms with Crippen LogP contribution in [-0.4, -0.2) is 175 Å². The molecular weight excluding hydrogens is 2340 g/mol. The van der Waals surface area contributed by atoms with E-state index in [0.29, 0.717) is 130 Å². The number of nitrogens with two attached hydrogens (primary N) is 1. The van der Waals surface area contributed by atoms with Gasteiger partial charge in [-0.15, -0.1) is 11.6 Å². The second kappa shape index (κ2) is 62.0. The molecule has 13 rings (SSSR count). The first-order chi connectivity index (χ1) is 68.0. The molecule has 0 fully saturated rings. The Labute approximate surface area is 901 Å². The summed E-state index contributed by atoms with van der Waals surface area (Å²) in [7, 11) is 6.58. The van der Waals surface area contributed by atoms with E-state index >= 15 is 0 Å². The number of ether oxygens (including phenoxy) is 8. The summed E-state index contributed by atoms with van der Waals surface area (Å²) in [6.07, 6.45) is 16.7. The number of H-pyrrole nitrogens is 2. The second-order valence-corrected chi connectivity index (χ2v) is 51.5. The Bertz CT molecular complexity index is 6710. The van der Waals surface area contributed by atoms with Gasteiger partial charge in [0, 0.05) is 71.4 Å². The number of esters is 5. The number of carbonyl (C=O) groups excluding carboxylic acids is 8. The molecule has 0 unspecified atom stereocenters. The van der Waals surface area contributed by atoms with Gasteiger partial charge >= 0.3 is 150 Å². The van der Waals surface area contributed by atoms with Gasteiger partial charge in [-0.2, -0.15) is 0 Å². The van der Waals surface area contributed by atoms with E-state index in [-0.39, 0.29) is 27.4 Å². The predicted molar refractivity (Wildman–Crippen MR) is 607 cm³/mol. The van der Waals surface area contributed by atoms with Gasteiger partial charge in [0.2, 0.25) is 0 Å². The molecule has 9 N–H and O–H groups in total. The van der Waals surface area contributed by atoms with Gasteiger partial charge in [-0.05, 0) is 249 Å². The average Bonchev–Trinajstić information content (AvgIpc) is 0.780. The number of halogens is 5. The number of aromatic amines is 2. The summed E-state index contributed by atoms with van der Waals surface area (Å²) >= 11 is 15.0. The Hall–Kier alpha value is -12.2. The van der Waals surface area contributed by atoms with E-state index in [1.165, 1.54) is 112 Å². The van der Waals surface area contributed by atoms with E-state index < -0.39 is 83.3 Å². The molecule has 13 aromatic rings. The van der Waals surface area contributed by atoms with Crippen LogP contribution in [0.1, 0.15) is 212 Å². The number of hydrogen-bond acceptors (Lipinski definition) is 29. The van der Waals surface area contributed by atoms with E-state index in [0.717, 1.165) is 38.4 Å². The molecule has 0 saturated heterocycles. The first-order valence-corrected chi connectivity index (χ1v) is 57.0. The third-order valence-corrected chi connectivity index (χ3v) is 36.3. The van der Waals surface area contributed by atoms with E-state index in [9.17, 15) is 47.9 Å². The molecule has 0 bridgehead atoms. The molecule has 0 saturated carbocycles. The first-order valence-electron chi connectivity index (χ1n) is 45.0. The number of unbranched alkanes of at least 4 members (excludes halogenated alkanes) is 3. The molecule has 5 heterocycles. The van der Waals surface area contributed by atoms with E-state index in [1.807, 2.05) is 158 Å². The van der Waals surface area contributed by atoms with Gasteiger partial charge in [-0.1, -0.05) is 81.6 Å². The molecule has 0 spiro atoms. The number of anilines is 5. The van der Waals surface area contributed by atoms with Crippen molar-refractivity contribution < 1.29 is 77.7 Å². The Morgan fingerprint density at radius 1 is 0.421 bits per heavy atom. The maximum atomic E-state index is 12.2. The van der Waals surface area contributed by atoms with Crippen molar-refractivity contribution in [3.8, 4) is 0 Å². The van der Waals surface area contributed by atoms with Crippen molar-refractivity contribution >= 4 is 247 Å². The summed E-state index contributed by atoms with van der Waals surface area (Å²) in [6.45, 7) is 32.6. The van der Waals surface area contributed by atoms with Crippen LogP contribution in [0.4, 0.5) is 43.1 Å². The fourth-order valence-corrected chi connectivity index (χ4v) is 28.6. The number of methoxy groups -OCH3 is 5. The molecule has 34 nitrogen and oxygen atoms in total. The Balaban J connectivity index is 0.000000446. The summed E-state index contributed by atoms with van der Waals surface area (Å²) in [5.41, 5.74) is 12.8. The topological polar surface area (TPSA) is 465 Å². The Morgan fingerprint density at radius 3 is 1.12 bits per heavy atom. The molecule has 0 aliphatic heterocycles. The first kappa shape index (κ1) is 125. The standard InChI is InChI=1S/C24H26N4O4.C22H23IN4O4.C12H18N2O2.C10H6ClIN2O2.C10H7IN2O3.C10H8N2O3.3C4H9.C2H3.CH3Cl.2CH4.Sn.H2/c1-6-15-11-18-20(19(12-15)22(29)31-5)26-14-27-21(18)25-13-16-8-7-9-17(10-16)28-23(30)32-24(2,3)4;1-22(2,3)31-21(29)27-15-7-5-6-13(8-15)11-24-19-16-9-14(23)10-17(20(28)30-4)18(16)25-12-26-19;1-12(2,3)16-11(15)14-10-6-4-5-9(7-10)8-13;1-16-10(15)7-3-5(12)2-6-8(7)13-4-14-9(6)11;1-16-10(15)7-3-5(11)2-6-8(7)12-4-13-9(6)14;1-15-10(14)7-4-2-3-6-8(7)11-5-12-9(6)13;3*1-3-4-2;2*1-2;;;;/h6-12,14H,1,13H2,2-5H3,(H,28,30)(H,25,26,27);5-10,12H,11H2,1-4H3,(H,27,29)(H,24,25,26);4-7H,8,13H2,1-3H3,(H,14,15);2-4H,1H3;2-4H,1H3,(H,12,13,14);2-5H,1H3,(H,11,12,13);3*1,3-4H2,2H3;1H,2H2;1H3;2*1H4;;1H/i;;;;;;;;;;;;;;1+1. The average molecular weight is 2480 g/mol. The van der Waals surface area contributed by atoms with E-state index in [4.69, 9.17) is 45.8 Å². The summed E-state index contributed by atoms with van der Waals surface area (Å²) in [6, 6.07) is 41.0. The molecule has 0 aliphatic carbocycles. The van der Waals surface area contributed by atoms with Crippen molar-refractivity contribution in [1.82, 2.24) is 49.8 Å². The van der Waals surface area contributed by atoms with Crippen molar-refractivity contribution in [3.63, 3.8) is 0 Å². The molecule has 145 heavy (non-hydrogen) atoms. The van der Waals surface area contributed by atoms with E-state index in [2.05, 4.69) is 181 Å². The second-order valence-electron chi connectivity index (χ2n) is 34.2. The summed E-state index contributed by atoms with van der Waals surface area (Å²) in [5, 5.41) is 17.8. The molecular formula is C105H131Cl2I3N16O18Sn. The van der Waals surface area contributed by atoms with Crippen molar-refractivity contribution in [1.29, 1.82) is 0 Å². The van der Waals surface area contributed by atoms with Gasteiger partial charge in [0.1, 0.15) is 52.6 Å². The van der Waals surface area contributed by atoms with Crippen LogP contribution in [0.15, 0.2) is 198 Å². The fourth-order valence-electron chi connectivity index (χ4n) is 13.6. The maximum absolute atomic E-state index is 12.2. The third kappa shape index (κ3) is 40.3. The molecule has 0 radical (unpaired) electrons. The van der Waals surface area contributed by atoms with E-state index in [1.54, 1.807) is 86.1 Å². The smallest absolute Gasteiger partial charge is 0.412 e. The number of benzene rings is 8. The molecule has 5 aromatic heterocycles. The maximum Gasteiger partial charge on any atom is 0.412 e. The monoisotopic (exact) mass is 2480 g/mol. The number of rotatable bonds is 26. The molecule has 0 atom stereocenters. The SMILES string of the molecule is C.C.C=Cc1cc(C(=O)OC)c2ncnc(NCc3cccc(NC(=O)OC(C)(C)C)c3)c2c1.C=[CH][Sn]([CH2]CCC)([CH2]CCC)[CH2]CCC.CC(C)(C)OC(=O)Nc1cccc(CN)c1.CCl.COC(=O)c1cc(I)cc2c(=O)[nH]cnc12.COC(=O)c1cc(I)cc2c(Cl)ncnc12.COC(=O)c1cc(I)cc2c(NCc3cccc(NC(=O)OC(C)(C)C)c3)ncnc12.COC(=O)c1cccc2c(=O)[nH]cnc12.[2HH]. The number of alkyl halides is 1. The zero-order valence-electron chi connectivity index (χ0n) is 83.1.